The van der Waals surface area contributed by atoms with Gasteiger partial charge in [-0.3, -0.25) is 19.2 Å². The Hall–Kier alpha value is -2.94. The van der Waals surface area contributed by atoms with E-state index in [1.807, 2.05) is 0 Å². The van der Waals surface area contributed by atoms with Crippen LogP contribution < -0.4 is 15.2 Å². The van der Waals surface area contributed by atoms with Crippen LogP contribution in [0.3, 0.4) is 0 Å². The largest absolute Gasteiger partial charge is 0.480 e. The van der Waals surface area contributed by atoms with Crippen molar-refractivity contribution in [2.75, 3.05) is 6.61 Å². The third kappa shape index (κ3) is 8.16. The van der Waals surface area contributed by atoms with E-state index in [9.17, 15) is 24.3 Å². The number of benzene rings is 1. The predicted molar refractivity (Wildman–Crippen MR) is 121 cm³/mol. The zero-order chi connectivity index (χ0) is 25.7. The lowest BCUT2D eigenvalue weighted by Crippen LogP contribution is -2.40. The molecule has 0 fully saturated rings. The number of esters is 3. The molecule has 0 bridgehead atoms. The molecule has 0 spiro atoms. The van der Waals surface area contributed by atoms with Gasteiger partial charge < -0.3 is 25.1 Å². The number of ether oxygens (including phenoxy) is 3. The number of aliphatic carboxylic acids is 1. The normalized spacial score (nSPS) is 14.6. The molecule has 0 radical (unpaired) electrons. The molecule has 0 aliphatic heterocycles. The Kier molecular flexibility index (Phi) is 9.18. The summed E-state index contributed by atoms with van der Waals surface area (Å²) < 4.78 is 16.1. The minimum Gasteiger partial charge on any atom is -0.480 e. The second-order valence-electron chi connectivity index (χ2n) is 10.2. The molecule has 0 saturated carbocycles. The molecule has 2 unspecified atom stereocenters. The molecule has 0 aromatic heterocycles. The van der Waals surface area contributed by atoms with Crippen LogP contribution in [-0.4, -0.2) is 41.6 Å². The standard InChI is InChI=1S/C24H35NO8/c1-13(12-31-14(2)26)18(19(25)20(27)28)15-9-10-16(32-21(29)23(3,4)5)17(11-15)33-22(30)24(6,7)8/h9-11,13,18-19H,12,25H2,1-8H3,(H,27,28)/t13?,18?,19-/m0/s1. The molecule has 0 aliphatic carbocycles. The van der Waals surface area contributed by atoms with Crippen molar-refractivity contribution < 1.29 is 38.5 Å². The summed E-state index contributed by atoms with van der Waals surface area (Å²) in [4.78, 5) is 47.9. The number of hydrogen-bond acceptors (Lipinski definition) is 8. The zero-order valence-electron chi connectivity index (χ0n) is 20.6. The molecule has 3 atom stereocenters. The van der Waals surface area contributed by atoms with Crippen LogP contribution in [0.25, 0.3) is 0 Å². The Labute approximate surface area is 194 Å². The van der Waals surface area contributed by atoms with Crippen LogP contribution in [0, 0.1) is 16.7 Å². The average molecular weight is 466 g/mol. The number of carboxylic acid groups (broad SMARTS) is 1. The fourth-order valence-electron chi connectivity index (χ4n) is 2.80. The summed E-state index contributed by atoms with van der Waals surface area (Å²) in [5.41, 5.74) is 4.74. The van der Waals surface area contributed by atoms with Gasteiger partial charge in [0.2, 0.25) is 0 Å². The number of hydrogen-bond donors (Lipinski definition) is 2. The van der Waals surface area contributed by atoms with E-state index in [-0.39, 0.29) is 18.1 Å². The lowest BCUT2D eigenvalue weighted by atomic mass is 9.82. The van der Waals surface area contributed by atoms with Crippen LogP contribution in [0.4, 0.5) is 0 Å². The van der Waals surface area contributed by atoms with Crippen molar-refractivity contribution in [3.63, 3.8) is 0 Å². The van der Waals surface area contributed by atoms with Gasteiger partial charge in [0, 0.05) is 12.8 Å². The first kappa shape index (κ1) is 28.1. The monoisotopic (exact) mass is 465 g/mol. The number of rotatable bonds is 8. The third-order valence-corrected chi connectivity index (χ3v) is 4.82. The third-order valence-electron chi connectivity index (χ3n) is 4.82. The molecule has 0 amide bonds. The van der Waals surface area contributed by atoms with E-state index in [0.717, 1.165) is 0 Å². The van der Waals surface area contributed by atoms with Gasteiger partial charge >= 0.3 is 23.9 Å². The van der Waals surface area contributed by atoms with Gasteiger partial charge in [-0.2, -0.15) is 0 Å². The Morgan fingerprint density at radius 3 is 1.85 bits per heavy atom. The number of nitrogens with two attached hydrogens (primary N) is 1. The van der Waals surface area contributed by atoms with E-state index in [1.54, 1.807) is 54.5 Å². The van der Waals surface area contributed by atoms with Crippen molar-refractivity contribution >= 4 is 23.9 Å². The summed E-state index contributed by atoms with van der Waals surface area (Å²) in [5.74, 6) is -4.14. The topological polar surface area (TPSA) is 142 Å². The molecule has 1 aromatic carbocycles. The van der Waals surface area contributed by atoms with Crippen molar-refractivity contribution in [2.24, 2.45) is 22.5 Å². The highest BCUT2D eigenvalue weighted by molar-refractivity contribution is 5.81. The van der Waals surface area contributed by atoms with E-state index in [1.165, 1.54) is 19.1 Å². The maximum Gasteiger partial charge on any atom is 0.321 e. The molecule has 0 saturated heterocycles. The van der Waals surface area contributed by atoms with Crippen LogP contribution in [0.2, 0.25) is 0 Å². The Bertz CT molecular complexity index is 895. The highest BCUT2D eigenvalue weighted by Crippen LogP contribution is 2.37. The molecule has 0 heterocycles. The summed E-state index contributed by atoms with van der Waals surface area (Å²) in [6.45, 7) is 13.0. The van der Waals surface area contributed by atoms with Crippen LogP contribution in [0.5, 0.6) is 11.5 Å². The minimum atomic E-state index is -1.33. The van der Waals surface area contributed by atoms with Crippen molar-refractivity contribution in [2.45, 2.75) is 67.3 Å². The van der Waals surface area contributed by atoms with Gasteiger partial charge in [0.05, 0.1) is 17.4 Å². The maximum absolute atomic E-state index is 12.6. The lowest BCUT2D eigenvalue weighted by Gasteiger charge is -2.28. The first-order valence-electron chi connectivity index (χ1n) is 10.7. The minimum absolute atomic E-state index is 0.0200. The molecule has 3 N–H and O–H groups in total. The summed E-state index contributed by atoms with van der Waals surface area (Å²) in [6.07, 6.45) is 0. The lowest BCUT2D eigenvalue weighted by molar-refractivity contribution is -0.145. The van der Waals surface area contributed by atoms with Gasteiger partial charge in [-0.15, -0.1) is 0 Å². The SMILES string of the molecule is CC(=O)OCC(C)C(c1ccc(OC(=O)C(C)(C)C)c(OC(=O)C(C)(C)C)c1)[C@H](N)C(=O)O. The zero-order valence-corrected chi connectivity index (χ0v) is 20.6. The van der Waals surface area contributed by atoms with Gasteiger partial charge in [-0.25, -0.2) is 0 Å². The van der Waals surface area contributed by atoms with Gasteiger partial charge in [0.15, 0.2) is 11.5 Å². The van der Waals surface area contributed by atoms with Gasteiger partial charge in [-0.1, -0.05) is 13.0 Å². The van der Waals surface area contributed by atoms with Crippen molar-refractivity contribution in [3.05, 3.63) is 23.8 Å². The first-order valence-corrected chi connectivity index (χ1v) is 10.7. The Balaban J connectivity index is 3.52. The second-order valence-corrected chi connectivity index (χ2v) is 10.2. The Morgan fingerprint density at radius 1 is 0.939 bits per heavy atom. The smallest absolute Gasteiger partial charge is 0.321 e. The van der Waals surface area contributed by atoms with E-state index in [4.69, 9.17) is 19.9 Å². The summed E-state index contributed by atoms with van der Waals surface area (Å²) in [5, 5.41) is 9.54. The van der Waals surface area contributed by atoms with Crippen molar-refractivity contribution in [1.29, 1.82) is 0 Å². The molecular formula is C24H35NO8. The van der Waals surface area contributed by atoms with Crippen LogP contribution in [-0.2, 0) is 23.9 Å². The fourth-order valence-corrected chi connectivity index (χ4v) is 2.80. The molecular weight excluding hydrogens is 430 g/mol. The number of carbonyl (C=O) groups is 4. The average Bonchev–Trinajstić information content (AvgIpc) is 2.66. The molecule has 33 heavy (non-hydrogen) atoms. The van der Waals surface area contributed by atoms with E-state index in [2.05, 4.69) is 0 Å². The quantitative estimate of drug-likeness (QED) is 0.437. The molecule has 1 aromatic rings. The van der Waals surface area contributed by atoms with Crippen LogP contribution in [0.1, 0.15) is 66.9 Å². The van der Waals surface area contributed by atoms with E-state index >= 15 is 0 Å². The van der Waals surface area contributed by atoms with Crippen molar-refractivity contribution in [3.8, 4) is 11.5 Å². The van der Waals surface area contributed by atoms with Crippen LogP contribution >= 0.6 is 0 Å². The van der Waals surface area contributed by atoms with Crippen LogP contribution in [0.15, 0.2) is 18.2 Å². The number of carboxylic acids is 1. The summed E-state index contributed by atoms with van der Waals surface area (Å²) in [7, 11) is 0. The Morgan fingerprint density at radius 2 is 1.42 bits per heavy atom. The number of carbonyl (C=O) groups excluding carboxylic acids is 3. The fraction of sp³-hybridized carbons (Fsp3) is 0.583. The summed E-state index contributed by atoms with van der Waals surface area (Å²) in [6, 6.07) is 3.10. The maximum atomic E-state index is 12.6. The first-order chi connectivity index (χ1) is 14.9. The molecule has 184 valence electrons. The molecule has 0 aliphatic rings. The predicted octanol–water partition coefficient (Wildman–Crippen LogP) is 3.28. The van der Waals surface area contributed by atoms with Gasteiger partial charge in [0.1, 0.15) is 6.04 Å². The van der Waals surface area contributed by atoms with E-state index < -0.39 is 52.6 Å². The van der Waals surface area contributed by atoms with Gasteiger partial charge in [-0.05, 0) is 65.2 Å². The summed E-state index contributed by atoms with van der Waals surface area (Å²) >= 11 is 0. The molecule has 1 rings (SSSR count). The van der Waals surface area contributed by atoms with Crippen molar-refractivity contribution in [1.82, 2.24) is 0 Å². The molecule has 9 nitrogen and oxygen atoms in total. The second kappa shape index (κ2) is 10.8. The van der Waals surface area contributed by atoms with Gasteiger partial charge in [0.25, 0.3) is 0 Å². The highest BCUT2D eigenvalue weighted by atomic mass is 16.6. The van der Waals surface area contributed by atoms with E-state index in [0.29, 0.717) is 5.56 Å². The highest BCUT2D eigenvalue weighted by Gasteiger charge is 2.34. The molecule has 9 heteroatoms.